The van der Waals surface area contributed by atoms with Crippen LogP contribution in [0.25, 0.3) is 22.6 Å². The number of anilines is 1. The van der Waals surface area contributed by atoms with Gasteiger partial charge in [0.15, 0.2) is 0 Å². The monoisotopic (exact) mass is 480 g/mol. The molecule has 5 heterocycles. The molecule has 8 nitrogen and oxygen atoms in total. The lowest BCUT2D eigenvalue weighted by Crippen LogP contribution is -2.52. The van der Waals surface area contributed by atoms with E-state index in [-0.39, 0.29) is 5.56 Å². The van der Waals surface area contributed by atoms with Crippen LogP contribution in [-0.4, -0.2) is 69.6 Å². The fraction of sp³-hybridized carbons (Fsp3) is 0.400. The molecule has 1 atom stereocenters. The van der Waals surface area contributed by atoms with E-state index in [0.717, 1.165) is 60.9 Å². The molecule has 0 saturated carbocycles. The second-order valence-corrected chi connectivity index (χ2v) is 9.19. The number of aryl methyl sites for hydroxylation is 1. The van der Waals surface area contributed by atoms with Crippen molar-refractivity contribution in [3.05, 3.63) is 64.5 Å². The molecule has 1 unspecified atom stereocenters. The minimum atomic E-state index is -0.108. The van der Waals surface area contributed by atoms with Gasteiger partial charge in [-0.15, -0.1) is 11.6 Å². The van der Waals surface area contributed by atoms with Crippen LogP contribution in [0.1, 0.15) is 18.2 Å². The molecule has 4 aromatic rings. The van der Waals surface area contributed by atoms with Crippen molar-refractivity contribution >= 4 is 28.6 Å². The molecule has 0 spiro atoms. The smallest absolute Gasteiger partial charge is 0.258 e. The molecule has 0 radical (unpaired) electrons. The topological polar surface area (TPSA) is 67.4 Å². The highest BCUT2D eigenvalue weighted by Gasteiger charge is 2.24. The number of hydrogen-bond acceptors (Lipinski definition) is 6. The van der Waals surface area contributed by atoms with Gasteiger partial charge in [0.05, 0.1) is 29.6 Å². The van der Waals surface area contributed by atoms with Crippen LogP contribution in [0.15, 0.2) is 47.7 Å². The van der Waals surface area contributed by atoms with E-state index in [2.05, 4.69) is 27.8 Å². The van der Waals surface area contributed by atoms with Crippen molar-refractivity contribution in [3.63, 3.8) is 0 Å². The second-order valence-electron chi connectivity index (χ2n) is 8.92. The Kier molecular flexibility index (Phi) is 6.29. The van der Waals surface area contributed by atoms with Crippen LogP contribution in [0.4, 0.5) is 5.69 Å². The lowest BCUT2D eigenvalue weighted by Gasteiger charge is -2.40. The Morgan fingerprint density at radius 2 is 2.00 bits per heavy atom. The standard InChI is InChI=1S/C25H29ClN6O2/c1-17-13-31-15-20(10-19(12-26)25(31)27-17)22-11-24(33)32-16-21(4-5-23(32)28-22)30-7-6-29(8-9-34-3)18(2)14-30/h4-5,10-11,13,15-16,18H,6-9,12,14H2,1-3H3. The molecular weight excluding hydrogens is 452 g/mol. The van der Waals surface area contributed by atoms with Crippen molar-refractivity contribution < 1.29 is 4.74 Å². The molecular formula is C25H29ClN6O2. The van der Waals surface area contributed by atoms with Gasteiger partial charge in [-0.05, 0) is 32.0 Å². The van der Waals surface area contributed by atoms with E-state index in [9.17, 15) is 4.79 Å². The lowest BCUT2D eigenvalue weighted by atomic mass is 10.1. The predicted octanol–water partition coefficient (Wildman–Crippen LogP) is 3.21. The zero-order chi connectivity index (χ0) is 23.8. The number of fused-ring (bicyclic) bond motifs is 2. The van der Waals surface area contributed by atoms with Crippen LogP contribution in [0.3, 0.4) is 0 Å². The SMILES string of the molecule is COCCN1CCN(c2ccc3nc(-c4cc(CCl)c5nc(C)cn5c4)cc(=O)n3c2)CC1C. The Morgan fingerprint density at radius 1 is 1.15 bits per heavy atom. The summed E-state index contributed by atoms with van der Waals surface area (Å²) >= 11 is 6.18. The first-order valence-corrected chi connectivity index (χ1v) is 12.1. The molecule has 0 N–H and O–H groups in total. The number of nitrogens with zero attached hydrogens (tertiary/aromatic N) is 6. The van der Waals surface area contributed by atoms with Crippen LogP contribution < -0.4 is 10.5 Å². The molecule has 5 rings (SSSR count). The number of alkyl halides is 1. The normalized spacial score (nSPS) is 17.2. The summed E-state index contributed by atoms with van der Waals surface area (Å²) in [6, 6.07) is 7.94. The molecule has 178 valence electrons. The van der Waals surface area contributed by atoms with Gasteiger partial charge in [-0.25, -0.2) is 9.97 Å². The molecule has 0 bridgehead atoms. The summed E-state index contributed by atoms with van der Waals surface area (Å²) in [5.41, 5.74) is 5.65. The van der Waals surface area contributed by atoms with Gasteiger partial charge in [0, 0.05) is 75.1 Å². The number of pyridine rings is 2. The van der Waals surface area contributed by atoms with Crippen LogP contribution in [0.5, 0.6) is 0 Å². The van der Waals surface area contributed by atoms with Gasteiger partial charge < -0.3 is 14.0 Å². The average molecular weight is 481 g/mol. The summed E-state index contributed by atoms with van der Waals surface area (Å²) in [4.78, 5) is 27.2. The summed E-state index contributed by atoms with van der Waals surface area (Å²) in [7, 11) is 1.74. The maximum absolute atomic E-state index is 13.1. The van der Waals surface area contributed by atoms with Gasteiger partial charge >= 0.3 is 0 Å². The third-order valence-electron chi connectivity index (χ3n) is 6.54. The molecule has 1 saturated heterocycles. The van der Waals surface area contributed by atoms with Gasteiger partial charge in [-0.3, -0.25) is 14.1 Å². The van der Waals surface area contributed by atoms with Gasteiger partial charge in [0.1, 0.15) is 11.3 Å². The van der Waals surface area contributed by atoms with Crippen molar-refractivity contribution in [2.45, 2.75) is 25.8 Å². The summed E-state index contributed by atoms with van der Waals surface area (Å²) < 4.78 is 8.81. The zero-order valence-electron chi connectivity index (χ0n) is 19.7. The molecule has 1 fully saturated rings. The quantitative estimate of drug-likeness (QED) is 0.395. The number of aromatic nitrogens is 4. The summed E-state index contributed by atoms with van der Waals surface area (Å²) in [6.45, 7) is 8.63. The van der Waals surface area contributed by atoms with Crippen molar-refractivity contribution in [2.75, 3.05) is 44.8 Å². The molecule has 0 amide bonds. The van der Waals surface area contributed by atoms with E-state index in [4.69, 9.17) is 21.3 Å². The van der Waals surface area contributed by atoms with Gasteiger partial charge in [-0.2, -0.15) is 0 Å². The molecule has 0 aromatic carbocycles. The number of piperazine rings is 1. The summed E-state index contributed by atoms with van der Waals surface area (Å²) in [5, 5.41) is 0. The minimum Gasteiger partial charge on any atom is -0.383 e. The predicted molar refractivity (Wildman–Crippen MR) is 135 cm³/mol. The Hall–Kier alpha value is -2.94. The fourth-order valence-electron chi connectivity index (χ4n) is 4.73. The number of rotatable bonds is 6. The van der Waals surface area contributed by atoms with Crippen molar-refractivity contribution in [3.8, 4) is 11.3 Å². The highest BCUT2D eigenvalue weighted by Crippen LogP contribution is 2.24. The molecule has 4 aromatic heterocycles. The summed E-state index contributed by atoms with van der Waals surface area (Å²) in [6.07, 6.45) is 5.80. The lowest BCUT2D eigenvalue weighted by molar-refractivity contribution is 0.117. The maximum Gasteiger partial charge on any atom is 0.258 e. The Labute approximate surface area is 203 Å². The van der Waals surface area contributed by atoms with Crippen LogP contribution in [0.2, 0.25) is 0 Å². The average Bonchev–Trinajstić information content (AvgIpc) is 3.22. The highest BCUT2D eigenvalue weighted by molar-refractivity contribution is 6.17. The van der Waals surface area contributed by atoms with Crippen LogP contribution in [0, 0.1) is 6.92 Å². The van der Waals surface area contributed by atoms with E-state index >= 15 is 0 Å². The fourth-order valence-corrected chi connectivity index (χ4v) is 4.92. The summed E-state index contributed by atoms with van der Waals surface area (Å²) in [5.74, 6) is 0.334. The van der Waals surface area contributed by atoms with Crippen molar-refractivity contribution in [2.24, 2.45) is 0 Å². The number of ether oxygens (including phenoxy) is 1. The molecule has 1 aliphatic rings. The van der Waals surface area contributed by atoms with Crippen molar-refractivity contribution in [1.82, 2.24) is 23.7 Å². The van der Waals surface area contributed by atoms with Crippen LogP contribution >= 0.6 is 11.6 Å². The van der Waals surface area contributed by atoms with E-state index in [0.29, 0.717) is 23.3 Å². The van der Waals surface area contributed by atoms with Gasteiger partial charge in [0.25, 0.3) is 5.56 Å². The third kappa shape index (κ3) is 4.29. The molecule has 0 aliphatic carbocycles. The first kappa shape index (κ1) is 22.8. The van der Waals surface area contributed by atoms with E-state index in [1.54, 1.807) is 17.6 Å². The Balaban J connectivity index is 1.46. The second kappa shape index (κ2) is 9.37. The molecule has 34 heavy (non-hydrogen) atoms. The largest absolute Gasteiger partial charge is 0.383 e. The number of hydrogen-bond donors (Lipinski definition) is 0. The first-order valence-electron chi connectivity index (χ1n) is 11.5. The van der Waals surface area contributed by atoms with Crippen molar-refractivity contribution in [1.29, 1.82) is 0 Å². The van der Waals surface area contributed by atoms with E-state index in [1.807, 2.05) is 42.0 Å². The van der Waals surface area contributed by atoms with Gasteiger partial charge in [0.2, 0.25) is 0 Å². The van der Waals surface area contributed by atoms with E-state index in [1.165, 1.54) is 0 Å². The van der Waals surface area contributed by atoms with Gasteiger partial charge in [-0.1, -0.05) is 0 Å². The van der Waals surface area contributed by atoms with E-state index < -0.39 is 0 Å². The third-order valence-corrected chi connectivity index (χ3v) is 6.83. The number of halogens is 1. The molecule has 9 heteroatoms. The molecule has 1 aliphatic heterocycles. The Bertz CT molecular complexity index is 1400. The highest BCUT2D eigenvalue weighted by atomic mass is 35.5. The first-order chi connectivity index (χ1) is 16.5. The zero-order valence-corrected chi connectivity index (χ0v) is 20.5. The Morgan fingerprint density at radius 3 is 2.76 bits per heavy atom. The maximum atomic E-state index is 13.1. The number of methoxy groups -OCH3 is 1. The van der Waals surface area contributed by atoms with Crippen LogP contribution in [-0.2, 0) is 10.6 Å². The number of imidazole rings is 1. The minimum absolute atomic E-state index is 0.108.